The molecule has 0 spiro atoms. The normalized spacial score (nSPS) is 12.7. The Labute approximate surface area is 117 Å². The predicted molar refractivity (Wildman–Crippen MR) is 72.8 cm³/mol. The van der Waals surface area contributed by atoms with Crippen LogP contribution in [0.25, 0.3) is 0 Å². The predicted octanol–water partition coefficient (Wildman–Crippen LogP) is 2.51. The number of aryl methyl sites for hydroxylation is 1. The van der Waals surface area contributed by atoms with E-state index in [1.807, 2.05) is 0 Å². The van der Waals surface area contributed by atoms with Gasteiger partial charge < -0.3 is 5.73 Å². The maximum atomic E-state index is 12.8. The number of thioether (sulfide) groups is 1. The van der Waals surface area contributed by atoms with E-state index in [9.17, 15) is 4.39 Å². The highest BCUT2D eigenvalue weighted by molar-refractivity contribution is 9.10. The van der Waals surface area contributed by atoms with E-state index >= 15 is 0 Å². The Balaban J connectivity index is 2.00. The van der Waals surface area contributed by atoms with Crippen LogP contribution in [0.15, 0.2) is 33.8 Å². The largest absolute Gasteiger partial charge is 0.322 e. The molecule has 18 heavy (non-hydrogen) atoms. The minimum Gasteiger partial charge on any atom is -0.322 e. The van der Waals surface area contributed by atoms with Crippen LogP contribution >= 0.6 is 27.7 Å². The number of aromatic nitrogens is 3. The Kier molecular flexibility index (Phi) is 4.36. The minimum absolute atomic E-state index is 0.186. The zero-order valence-electron chi connectivity index (χ0n) is 9.68. The van der Waals surface area contributed by atoms with E-state index in [0.717, 1.165) is 10.6 Å². The van der Waals surface area contributed by atoms with Gasteiger partial charge in [-0.1, -0.05) is 5.21 Å². The molecule has 2 rings (SSSR count). The van der Waals surface area contributed by atoms with E-state index in [1.54, 1.807) is 35.6 Å². The van der Waals surface area contributed by atoms with E-state index in [4.69, 9.17) is 5.73 Å². The van der Waals surface area contributed by atoms with Crippen LogP contribution in [0.4, 0.5) is 4.39 Å². The molecule has 1 unspecified atom stereocenters. The monoisotopic (exact) mass is 330 g/mol. The first-order valence-corrected chi connectivity index (χ1v) is 7.05. The van der Waals surface area contributed by atoms with Crippen molar-refractivity contribution in [3.63, 3.8) is 0 Å². The molecule has 2 N–H and O–H groups in total. The second kappa shape index (κ2) is 5.81. The Bertz CT molecular complexity index is 509. The van der Waals surface area contributed by atoms with E-state index in [0.29, 0.717) is 10.4 Å². The van der Waals surface area contributed by atoms with Gasteiger partial charge in [0.1, 0.15) is 5.82 Å². The first-order valence-electron chi connectivity index (χ1n) is 5.27. The van der Waals surface area contributed by atoms with Crippen LogP contribution in [0.3, 0.4) is 0 Å². The highest BCUT2D eigenvalue weighted by Crippen LogP contribution is 2.26. The van der Waals surface area contributed by atoms with Crippen LogP contribution in [0.2, 0.25) is 0 Å². The third kappa shape index (κ3) is 3.09. The van der Waals surface area contributed by atoms with Crippen molar-refractivity contribution in [2.45, 2.75) is 10.9 Å². The molecular formula is C11H12BrFN4S. The molecule has 1 heterocycles. The summed E-state index contributed by atoms with van der Waals surface area (Å²) in [7, 11) is 1.80. The Hall–Kier alpha value is -0.920. The van der Waals surface area contributed by atoms with Crippen molar-refractivity contribution in [3.8, 4) is 0 Å². The summed E-state index contributed by atoms with van der Waals surface area (Å²) in [5.74, 6) is 0.438. The topological polar surface area (TPSA) is 56.7 Å². The lowest BCUT2D eigenvalue weighted by atomic mass is 10.3. The van der Waals surface area contributed by atoms with Gasteiger partial charge >= 0.3 is 0 Å². The van der Waals surface area contributed by atoms with Gasteiger partial charge in [0, 0.05) is 17.7 Å². The number of nitrogens with two attached hydrogens (primary N) is 1. The van der Waals surface area contributed by atoms with Gasteiger partial charge in [0.2, 0.25) is 0 Å². The van der Waals surface area contributed by atoms with Crippen LogP contribution < -0.4 is 5.73 Å². The fourth-order valence-electron chi connectivity index (χ4n) is 1.53. The summed E-state index contributed by atoms with van der Waals surface area (Å²) in [6, 6.07) is 6.17. The fourth-order valence-corrected chi connectivity index (χ4v) is 3.01. The molecule has 0 saturated carbocycles. The van der Waals surface area contributed by atoms with Gasteiger partial charge in [-0.2, -0.15) is 0 Å². The highest BCUT2D eigenvalue weighted by atomic mass is 79.9. The van der Waals surface area contributed by atoms with Crippen LogP contribution in [-0.4, -0.2) is 20.7 Å². The molecule has 4 nitrogen and oxygen atoms in total. The molecule has 1 aromatic carbocycles. The molecule has 7 heteroatoms. The molecule has 0 bridgehead atoms. The average molecular weight is 331 g/mol. The van der Waals surface area contributed by atoms with Crippen molar-refractivity contribution < 1.29 is 4.39 Å². The highest BCUT2D eigenvalue weighted by Gasteiger charge is 2.16. The van der Waals surface area contributed by atoms with Crippen molar-refractivity contribution in [2.24, 2.45) is 12.8 Å². The molecule has 0 saturated heterocycles. The lowest BCUT2D eigenvalue weighted by Gasteiger charge is -2.11. The first kappa shape index (κ1) is 13.5. The van der Waals surface area contributed by atoms with Crippen LogP contribution in [0.1, 0.15) is 11.7 Å². The van der Waals surface area contributed by atoms with Crippen LogP contribution in [0.5, 0.6) is 0 Å². The second-order valence-electron chi connectivity index (χ2n) is 3.76. The number of nitrogens with zero attached hydrogens (tertiary/aromatic N) is 3. The summed E-state index contributed by atoms with van der Waals surface area (Å²) in [4.78, 5) is 0.984. The van der Waals surface area contributed by atoms with Crippen molar-refractivity contribution in [1.82, 2.24) is 15.0 Å². The average Bonchev–Trinajstić information content (AvgIpc) is 2.68. The molecule has 0 fully saturated rings. The number of hydrogen-bond acceptors (Lipinski definition) is 4. The van der Waals surface area contributed by atoms with Gasteiger partial charge in [-0.3, -0.25) is 0 Å². The summed E-state index contributed by atoms with van der Waals surface area (Å²) in [6.45, 7) is 0. The number of benzene rings is 1. The Morgan fingerprint density at radius 1 is 1.44 bits per heavy atom. The van der Waals surface area contributed by atoms with Crippen molar-refractivity contribution >= 4 is 27.7 Å². The molecule has 0 radical (unpaired) electrons. The molecule has 0 aliphatic heterocycles. The smallest absolute Gasteiger partial charge is 0.153 e. The van der Waals surface area contributed by atoms with Gasteiger partial charge in [0.15, 0.2) is 4.60 Å². The molecule has 1 atom stereocenters. The van der Waals surface area contributed by atoms with E-state index in [-0.39, 0.29) is 11.9 Å². The Morgan fingerprint density at radius 3 is 2.67 bits per heavy atom. The third-order valence-electron chi connectivity index (χ3n) is 2.42. The molecular weight excluding hydrogens is 319 g/mol. The summed E-state index contributed by atoms with van der Waals surface area (Å²) in [5, 5.41) is 7.78. The molecule has 2 aromatic rings. The second-order valence-corrected chi connectivity index (χ2v) is 5.61. The summed E-state index contributed by atoms with van der Waals surface area (Å²) in [5.41, 5.74) is 6.94. The molecule has 0 aliphatic rings. The summed E-state index contributed by atoms with van der Waals surface area (Å²) in [6.07, 6.45) is 0. The quantitative estimate of drug-likeness (QED) is 0.875. The first-order chi connectivity index (χ1) is 8.58. The van der Waals surface area contributed by atoms with Crippen LogP contribution in [0, 0.1) is 5.82 Å². The van der Waals surface area contributed by atoms with Gasteiger partial charge in [-0.05, 0) is 40.2 Å². The molecule has 0 aliphatic carbocycles. The van der Waals surface area contributed by atoms with Gasteiger partial charge in [-0.25, -0.2) is 9.07 Å². The minimum atomic E-state index is -0.234. The molecule has 1 aromatic heterocycles. The third-order valence-corrected chi connectivity index (χ3v) is 4.12. The Morgan fingerprint density at radius 2 is 2.11 bits per heavy atom. The van der Waals surface area contributed by atoms with Crippen LogP contribution in [-0.2, 0) is 7.05 Å². The van der Waals surface area contributed by atoms with Crippen molar-refractivity contribution in [2.75, 3.05) is 5.75 Å². The SMILES string of the molecule is Cn1nnc(Br)c1C(N)CSc1ccc(F)cc1. The van der Waals surface area contributed by atoms with Gasteiger partial charge in [0.25, 0.3) is 0 Å². The van der Waals surface area contributed by atoms with Gasteiger partial charge in [-0.15, -0.1) is 16.9 Å². The number of rotatable bonds is 4. The van der Waals surface area contributed by atoms with E-state index in [2.05, 4.69) is 26.2 Å². The lowest BCUT2D eigenvalue weighted by Crippen LogP contribution is -2.17. The zero-order chi connectivity index (χ0) is 13.1. The fraction of sp³-hybridized carbons (Fsp3) is 0.273. The lowest BCUT2D eigenvalue weighted by molar-refractivity contribution is 0.626. The summed E-state index contributed by atoms with van der Waals surface area (Å²) < 4.78 is 15.1. The summed E-state index contributed by atoms with van der Waals surface area (Å²) >= 11 is 4.89. The van der Waals surface area contributed by atoms with Crippen molar-refractivity contribution in [3.05, 3.63) is 40.4 Å². The van der Waals surface area contributed by atoms with E-state index < -0.39 is 0 Å². The van der Waals surface area contributed by atoms with Crippen molar-refractivity contribution in [1.29, 1.82) is 0 Å². The van der Waals surface area contributed by atoms with Gasteiger partial charge in [0.05, 0.1) is 11.7 Å². The maximum absolute atomic E-state index is 12.8. The number of halogens is 2. The molecule has 96 valence electrons. The standard InChI is InChI=1S/C11H12BrFN4S/c1-17-10(11(12)15-16-17)9(14)6-18-8-4-2-7(13)3-5-8/h2-5,9H,6,14H2,1H3. The molecule has 0 amide bonds. The van der Waals surface area contributed by atoms with E-state index in [1.165, 1.54) is 12.1 Å². The maximum Gasteiger partial charge on any atom is 0.153 e. The zero-order valence-corrected chi connectivity index (χ0v) is 12.1. The number of hydrogen-bond donors (Lipinski definition) is 1.